The Balaban J connectivity index is 2.25. The first-order valence-electron chi connectivity index (χ1n) is 5.88. The normalized spacial score (nSPS) is 10.2. The summed E-state index contributed by atoms with van der Waals surface area (Å²) in [5.74, 6) is -0.601. The summed E-state index contributed by atoms with van der Waals surface area (Å²) in [6.45, 7) is 2.62. The Morgan fingerprint density at radius 1 is 1.42 bits per heavy atom. The van der Waals surface area contributed by atoms with Crippen LogP contribution < -0.4 is 4.90 Å². The smallest absolute Gasteiger partial charge is 0.341 e. The van der Waals surface area contributed by atoms with Crippen LogP contribution in [0, 0.1) is 6.92 Å². The van der Waals surface area contributed by atoms with Gasteiger partial charge >= 0.3 is 5.97 Å². The summed E-state index contributed by atoms with van der Waals surface area (Å²) in [7, 11) is 1.82. The summed E-state index contributed by atoms with van der Waals surface area (Å²) >= 11 is 0. The van der Waals surface area contributed by atoms with E-state index in [2.05, 4.69) is 16.0 Å². The molecule has 0 saturated heterocycles. The second-order valence-corrected chi connectivity index (χ2v) is 4.41. The highest BCUT2D eigenvalue weighted by atomic mass is 16.4. The molecule has 1 aromatic carbocycles. The van der Waals surface area contributed by atoms with E-state index in [1.54, 1.807) is 4.90 Å². The minimum atomic E-state index is -1.02. The molecule has 98 valence electrons. The third-order valence-electron chi connectivity index (χ3n) is 2.79. The molecule has 0 fully saturated rings. The van der Waals surface area contributed by atoms with E-state index in [0.29, 0.717) is 12.4 Å². The highest BCUT2D eigenvalue weighted by Crippen LogP contribution is 2.17. The highest BCUT2D eigenvalue weighted by Gasteiger charge is 2.15. The van der Waals surface area contributed by atoms with Crippen LogP contribution >= 0.6 is 0 Å². The van der Waals surface area contributed by atoms with Gasteiger partial charge < -0.3 is 10.0 Å². The Kier molecular flexibility index (Phi) is 3.75. The van der Waals surface area contributed by atoms with Crippen LogP contribution in [-0.2, 0) is 6.54 Å². The van der Waals surface area contributed by atoms with Crippen LogP contribution in [0.3, 0.4) is 0 Å². The van der Waals surface area contributed by atoms with Gasteiger partial charge in [0.15, 0.2) is 0 Å². The van der Waals surface area contributed by atoms with Crippen molar-refractivity contribution in [1.82, 2.24) is 9.97 Å². The molecule has 0 aliphatic heterocycles. The van der Waals surface area contributed by atoms with Crippen molar-refractivity contribution in [1.29, 1.82) is 0 Å². The third-order valence-corrected chi connectivity index (χ3v) is 2.79. The van der Waals surface area contributed by atoms with Gasteiger partial charge in [-0.1, -0.05) is 29.8 Å². The van der Waals surface area contributed by atoms with E-state index in [-0.39, 0.29) is 5.56 Å². The van der Waals surface area contributed by atoms with Gasteiger partial charge in [0.1, 0.15) is 17.7 Å². The molecule has 0 radical (unpaired) electrons. The fourth-order valence-electron chi connectivity index (χ4n) is 1.94. The van der Waals surface area contributed by atoms with Gasteiger partial charge in [-0.05, 0) is 12.5 Å². The molecule has 0 atom stereocenters. The van der Waals surface area contributed by atoms with Gasteiger partial charge in [-0.2, -0.15) is 0 Å². The number of carbonyl (C=O) groups is 1. The fourth-order valence-corrected chi connectivity index (χ4v) is 1.94. The van der Waals surface area contributed by atoms with Crippen molar-refractivity contribution in [3.05, 3.63) is 53.5 Å². The van der Waals surface area contributed by atoms with E-state index in [1.165, 1.54) is 18.1 Å². The minimum absolute atomic E-state index is 0.109. The van der Waals surface area contributed by atoms with Gasteiger partial charge in [-0.15, -0.1) is 0 Å². The predicted octanol–water partition coefficient (Wildman–Crippen LogP) is 2.12. The van der Waals surface area contributed by atoms with Gasteiger partial charge in [-0.25, -0.2) is 14.8 Å². The van der Waals surface area contributed by atoms with Crippen molar-refractivity contribution in [2.75, 3.05) is 11.9 Å². The molecule has 5 nitrogen and oxygen atoms in total. The zero-order valence-corrected chi connectivity index (χ0v) is 10.9. The van der Waals surface area contributed by atoms with Crippen LogP contribution in [0.25, 0.3) is 0 Å². The van der Waals surface area contributed by atoms with Gasteiger partial charge in [-0.3, -0.25) is 0 Å². The lowest BCUT2D eigenvalue weighted by Crippen LogP contribution is -2.21. The van der Waals surface area contributed by atoms with E-state index in [9.17, 15) is 4.79 Å². The van der Waals surface area contributed by atoms with Crippen LogP contribution in [0.1, 0.15) is 21.5 Å². The SMILES string of the molecule is Cc1cccc(CN(C)c2ncncc2C(=O)O)c1. The second-order valence-electron chi connectivity index (χ2n) is 4.41. The van der Waals surface area contributed by atoms with Gasteiger partial charge in [0, 0.05) is 19.8 Å². The van der Waals surface area contributed by atoms with Crippen molar-refractivity contribution in [3.8, 4) is 0 Å². The number of rotatable bonds is 4. The first kappa shape index (κ1) is 13.0. The second kappa shape index (κ2) is 5.48. The number of nitrogens with zero attached hydrogens (tertiary/aromatic N) is 3. The molecule has 0 unspecified atom stereocenters. The Hall–Kier alpha value is -2.43. The van der Waals surface area contributed by atoms with E-state index in [4.69, 9.17) is 5.11 Å². The van der Waals surface area contributed by atoms with Crippen LogP contribution in [0.15, 0.2) is 36.8 Å². The largest absolute Gasteiger partial charge is 0.477 e. The van der Waals surface area contributed by atoms with E-state index in [0.717, 1.165) is 5.56 Å². The van der Waals surface area contributed by atoms with Crippen LogP contribution in [-0.4, -0.2) is 28.1 Å². The number of anilines is 1. The van der Waals surface area contributed by atoms with Crippen LogP contribution in [0.5, 0.6) is 0 Å². The minimum Gasteiger partial charge on any atom is -0.477 e. The number of aromatic carboxylic acids is 1. The molecule has 0 amide bonds. The molecule has 5 heteroatoms. The Bertz CT molecular complexity index is 599. The molecule has 2 aromatic rings. The molecule has 0 bridgehead atoms. The zero-order valence-electron chi connectivity index (χ0n) is 10.9. The van der Waals surface area contributed by atoms with Crippen LogP contribution in [0.4, 0.5) is 5.82 Å². The molecule has 0 aliphatic rings. The summed E-state index contributed by atoms with van der Waals surface area (Å²) in [4.78, 5) is 20.7. The van der Waals surface area contributed by atoms with E-state index in [1.807, 2.05) is 32.2 Å². The summed E-state index contributed by atoms with van der Waals surface area (Å²) in [5, 5.41) is 9.12. The number of benzene rings is 1. The number of carboxylic acid groups (broad SMARTS) is 1. The summed E-state index contributed by atoms with van der Waals surface area (Å²) < 4.78 is 0. The Morgan fingerprint density at radius 3 is 2.89 bits per heavy atom. The molecule has 1 aromatic heterocycles. The number of hydrogen-bond donors (Lipinski definition) is 1. The summed E-state index contributed by atoms with van der Waals surface area (Å²) in [6, 6.07) is 8.08. The molecule has 0 aliphatic carbocycles. The molecule has 0 saturated carbocycles. The standard InChI is InChI=1S/C14H15N3O2/c1-10-4-3-5-11(6-10)8-17(2)13-12(14(18)19)7-15-9-16-13/h3-7,9H,8H2,1-2H3,(H,18,19). The summed E-state index contributed by atoms with van der Waals surface area (Å²) in [5.41, 5.74) is 2.39. The van der Waals surface area contributed by atoms with Gasteiger partial charge in [0.2, 0.25) is 0 Å². The fraction of sp³-hybridized carbons (Fsp3) is 0.214. The van der Waals surface area contributed by atoms with Crippen molar-refractivity contribution >= 4 is 11.8 Å². The van der Waals surface area contributed by atoms with Crippen molar-refractivity contribution in [3.63, 3.8) is 0 Å². The molecule has 1 N–H and O–H groups in total. The maximum Gasteiger partial charge on any atom is 0.341 e. The van der Waals surface area contributed by atoms with Crippen molar-refractivity contribution < 1.29 is 9.90 Å². The summed E-state index contributed by atoms with van der Waals surface area (Å²) in [6.07, 6.45) is 2.67. The number of hydrogen-bond acceptors (Lipinski definition) is 4. The average molecular weight is 257 g/mol. The first-order valence-corrected chi connectivity index (χ1v) is 5.88. The molecular weight excluding hydrogens is 242 g/mol. The van der Waals surface area contributed by atoms with Crippen LogP contribution in [0.2, 0.25) is 0 Å². The topological polar surface area (TPSA) is 66.3 Å². The number of carboxylic acids is 1. The highest BCUT2D eigenvalue weighted by molar-refractivity contribution is 5.92. The quantitative estimate of drug-likeness (QED) is 0.908. The van der Waals surface area contributed by atoms with E-state index < -0.39 is 5.97 Å². The third kappa shape index (κ3) is 3.07. The van der Waals surface area contributed by atoms with E-state index >= 15 is 0 Å². The maximum atomic E-state index is 11.1. The molecule has 19 heavy (non-hydrogen) atoms. The maximum absolute atomic E-state index is 11.1. The van der Waals surface area contributed by atoms with Gasteiger partial charge in [0.25, 0.3) is 0 Å². The van der Waals surface area contributed by atoms with Gasteiger partial charge in [0.05, 0.1) is 0 Å². The monoisotopic (exact) mass is 257 g/mol. The van der Waals surface area contributed by atoms with Crippen molar-refractivity contribution in [2.45, 2.75) is 13.5 Å². The Morgan fingerprint density at radius 2 is 2.21 bits per heavy atom. The average Bonchev–Trinajstić information content (AvgIpc) is 2.38. The lowest BCUT2D eigenvalue weighted by atomic mass is 10.1. The van der Waals surface area contributed by atoms with Crippen molar-refractivity contribution in [2.24, 2.45) is 0 Å². The zero-order chi connectivity index (χ0) is 13.8. The molecule has 1 heterocycles. The first-order chi connectivity index (χ1) is 9.08. The predicted molar refractivity (Wildman–Crippen MR) is 72.3 cm³/mol. The number of aryl methyl sites for hydroxylation is 1. The molecular formula is C14H15N3O2. The lowest BCUT2D eigenvalue weighted by Gasteiger charge is -2.19. The molecule has 2 rings (SSSR count). The molecule has 0 spiro atoms. The number of aromatic nitrogens is 2. The Labute approximate surface area is 111 Å². The lowest BCUT2D eigenvalue weighted by molar-refractivity contribution is 0.0696.